The van der Waals surface area contributed by atoms with Gasteiger partial charge in [0.05, 0.1) is 25.4 Å². The molecule has 0 radical (unpaired) electrons. The highest BCUT2D eigenvalue weighted by molar-refractivity contribution is 6.45. The molecule has 0 atom stereocenters. The van der Waals surface area contributed by atoms with Gasteiger partial charge in [-0.3, -0.25) is 0 Å². The number of ether oxygens (including phenoxy) is 3. The lowest BCUT2D eigenvalue weighted by Gasteiger charge is -2.10. The van der Waals surface area contributed by atoms with E-state index in [9.17, 15) is 9.59 Å². The van der Waals surface area contributed by atoms with Gasteiger partial charge in [0.25, 0.3) is 0 Å². The van der Waals surface area contributed by atoms with Crippen molar-refractivity contribution in [3.8, 4) is 11.5 Å². The maximum absolute atomic E-state index is 12.4. The Morgan fingerprint density at radius 2 is 1.62 bits per heavy atom. The van der Waals surface area contributed by atoms with Gasteiger partial charge in [0.2, 0.25) is 0 Å². The fraction of sp³-hybridized carbons (Fsp3) is 0.111. The first-order valence-electron chi connectivity index (χ1n) is 7.58. The van der Waals surface area contributed by atoms with E-state index in [4.69, 9.17) is 14.2 Å². The summed E-state index contributed by atoms with van der Waals surface area (Å²) in [4.78, 5) is 24.7. The van der Waals surface area contributed by atoms with Crippen LogP contribution in [0.4, 0.5) is 0 Å². The SMILES string of the molecule is COc1ccc(C2=C(c3ccc4nonc4c3)C(=O)OC2=O)c(OC)c1. The van der Waals surface area contributed by atoms with E-state index in [1.54, 1.807) is 36.4 Å². The molecular formula is C18H12N2O6. The lowest BCUT2D eigenvalue weighted by molar-refractivity contribution is -0.149. The molecule has 0 bridgehead atoms. The normalized spacial score (nSPS) is 14.1. The standard InChI is InChI=1S/C18H12N2O6/c1-23-10-4-5-11(14(8-10)24-2)16-15(17(21)25-18(16)22)9-3-6-12-13(7-9)20-26-19-12/h3-8H,1-2H3. The van der Waals surface area contributed by atoms with Crippen molar-refractivity contribution >= 4 is 34.1 Å². The molecule has 8 nitrogen and oxygen atoms in total. The van der Waals surface area contributed by atoms with Crippen LogP contribution in [0.3, 0.4) is 0 Å². The smallest absolute Gasteiger partial charge is 0.347 e. The largest absolute Gasteiger partial charge is 0.497 e. The molecule has 0 aliphatic carbocycles. The fourth-order valence-corrected chi connectivity index (χ4v) is 2.84. The monoisotopic (exact) mass is 352 g/mol. The summed E-state index contributed by atoms with van der Waals surface area (Å²) in [5.74, 6) is -0.543. The van der Waals surface area contributed by atoms with Gasteiger partial charge < -0.3 is 14.2 Å². The van der Waals surface area contributed by atoms with Crippen LogP contribution in [-0.4, -0.2) is 36.5 Å². The molecule has 26 heavy (non-hydrogen) atoms. The molecule has 0 amide bonds. The van der Waals surface area contributed by atoms with Crippen LogP contribution in [0.1, 0.15) is 11.1 Å². The van der Waals surface area contributed by atoms with Gasteiger partial charge in [-0.1, -0.05) is 6.07 Å². The van der Waals surface area contributed by atoms with Crippen LogP contribution in [0.2, 0.25) is 0 Å². The molecule has 1 aliphatic rings. The number of hydrogen-bond donors (Lipinski definition) is 0. The predicted molar refractivity (Wildman–Crippen MR) is 89.3 cm³/mol. The zero-order valence-corrected chi connectivity index (χ0v) is 13.8. The molecule has 0 spiro atoms. The average Bonchev–Trinajstić information content (AvgIpc) is 3.23. The quantitative estimate of drug-likeness (QED) is 0.520. The minimum Gasteiger partial charge on any atom is -0.497 e. The Hall–Kier alpha value is -3.68. The van der Waals surface area contributed by atoms with Gasteiger partial charge in [-0.2, -0.15) is 0 Å². The summed E-state index contributed by atoms with van der Waals surface area (Å²) in [5, 5.41) is 7.49. The first kappa shape index (κ1) is 15.8. The van der Waals surface area contributed by atoms with E-state index in [2.05, 4.69) is 14.9 Å². The zero-order chi connectivity index (χ0) is 18.3. The summed E-state index contributed by atoms with van der Waals surface area (Å²) in [5.41, 5.74) is 2.14. The molecule has 1 aromatic heterocycles. The summed E-state index contributed by atoms with van der Waals surface area (Å²) in [6.45, 7) is 0. The minimum atomic E-state index is -0.744. The lowest BCUT2D eigenvalue weighted by Crippen LogP contribution is -2.02. The molecule has 0 saturated carbocycles. The van der Waals surface area contributed by atoms with Gasteiger partial charge >= 0.3 is 11.9 Å². The second kappa shape index (κ2) is 5.99. The highest BCUT2D eigenvalue weighted by Crippen LogP contribution is 2.39. The third-order valence-corrected chi connectivity index (χ3v) is 4.06. The Kier molecular flexibility index (Phi) is 3.65. The molecule has 2 heterocycles. The Labute approximate surface area is 146 Å². The summed E-state index contributed by atoms with van der Waals surface area (Å²) < 4.78 is 20.0. The molecule has 2 aromatic carbocycles. The summed E-state index contributed by atoms with van der Waals surface area (Å²) in [6.07, 6.45) is 0. The van der Waals surface area contributed by atoms with E-state index in [-0.39, 0.29) is 11.1 Å². The van der Waals surface area contributed by atoms with Crippen LogP contribution in [-0.2, 0) is 14.3 Å². The first-order chi connectivity index (χ1) is 12.6. The maximum atomic E-state index is 12.4. The number of methoxy groups -OCH3 is 2. The number of fused-ring (bicyclic) bond motifs is 1. The molecule has 0 N–H and O–H groups in total. The van der Waals surface area contributed by atoms with Gasteiger partial charge in [0.1, 0.15) is 22.5 Å². The second-order valence-electron chi connectivity index (χ2n) is 5.46. The Balaban J connectivity index is 1.96. The van der Waals surface area contributed by atoms with E-state index < -0.39 is 11.9 Å². The van der Waals surface area contributed by atoms with Crippen molar-refractivity contribution in [3.05, 3.63) is 47.5 Å². The van der Waals surface area contributed by atoms with Gasteiger partial charge in [-0.15, -0.1) is 0 Å². The highest BCUT2D eigenvalue weighted by atomic mass is 16.6. The number of cyclic esters (lactones) is 2. The molecule has 0 unspecified atom stereocenters. The molecule has 8 heteroatoms. The van der Waals surface area contributed by atoms with Gasteiger partial charge in [-0.25, -0.2) is 14.2 Å². The van der Waals surface area contributed by atoms with Gasteiger partial charge in [0.15, 0.2) is 0 Å². The summed E-state index contributed by atoms with van der Waals surface area (Å²) >= 11 is 0. The van der Waals surface area contributed by atoms with Crippen molar-refractivity contribution < 1.29 is 28.4 Å². The number of carbonyl (C=O) groups excluding carboxylic acids is 2. The molecule has 1 aliphatic heterocycles. The van der Waals surface area contributed by atoms with E-state index in [0.717, 1.165) is 0 Å². The van der Waals surface area contributed by atoms with Crippen LogP contribution < -0.4 is 9.47 Å². The molecule has 0 saturated heterocycles. The molecule has 3 aromatic rings. The van der Waals surface area contributed by atoms with E-state index in [1.165, 1.54) is 14.2 Å². The second-order valence-corrected chi connectivity index (χ2v) is 5.46. The Morgan fingerprint density at radius 3 is 2.38 bits per heavy atom. The number of benzene rings is 2. The van der Waals surface area contributed by atoms with Gasteiger partial charge in [-0.05, 0) is 40.1 Å². The Morgan fingerprint density at radius 1 is 0.846 bits per heavy atom. The van der Waals surface area contributed by atoms with Crippen LogP contribution in [0.25, 0.3) is 22.2 Å². The maximum Gasteiger partial charge on any atom is 0.347 e. The van der Waals surface area contributed by atoms with Crippen LogP contribution in [0, 0.1) is 0 Å². The van der Waals surface area contributed by atoms with E-state index in [0.29, 0.717) is 33.7 Å². The third-order valence-electron chi connectivity index (χ3n) is 4.06. The molecule has 130 valence electrons. The van der Waals surface area contributed by atoms with Crippen molar-refractivity contribution in [2.45, 2.75) is 0 Å². The van der Waals surface area contributed by atoms with Crippen molar-refractivity contribution in [2.24, 2.45) is 0 Å². The van der Waals surface area contributed by atoms with Crippen LogP contribution in [0.5, 0.6) is 11.5 Å². The molecule has 0 fully saturated rings. The Bertz CT molecular complexity index is 1080. The first-order valence-corrected chi connectivity index (χ1v) is 7.58. The van der Waals surface area contributed by atoms with Gasteiger partial charge in [0, 0.05) is 11.6 Å². The van der Waals surface area contributed by atoms with Crippen molar-refractivity contribution in [3.63, 3.8) is 0 Å². The lowest BCUT2D eigenvalue weighted by atomic mass is 9.95. The zero-order valence-electron chi connectivity index (χ0n) is 13.8. The predicted octanol–water partition coefficient (Wildman–Crippen LogP) is 2.23. The summed E-state index contributed by atoms with van der Waals surface area (Å²) in [7, 11) is 2.99. The van der Waals surface area contributed by atoms with Crippen LogP contribution >= 0.6 is 0 Å². The number of nitrogens with zero attached hydrogens (tertiary/aromatic N) is 2. The van der Waals surface area contributed by atoms with Crippen molar-refractivity contribution in [1.29, 1.82) is 0 Å². The fourth-order valence-electron chi connectivity index (χ4n) is 2.84. The third kappa shape index (κ3) is 2.39. The number of rotatable bonds is 4. The number of carbonyl (C=O) groups is 2. The van der Waals surface area contributed by atoms with Crippen molar-refractivity contribution in [1.82, 2.24) is 10.3 Å². The number of esters is 2. The number of hydrogen-bond acceptors (Lipinski definition) is 8. The van der Waals surface area contributed by atoms with E-state index >= 15 is 0 Å². The summed E-state index contributed by atoms with van der Waals surface area (Å²) in [6, 6.07) is 9.84. The topological polar surface area (TPSA) is 101 Å². The van der Waals surface area contributed by atoms with Crippen LogP contribution in [0.15, 0.2) is 41.0 Å². The average molecular weight is 352 g/mol. The van der Waals surface area contributed by atoms with Crippen molar-refractivity contribution in [2.75, 3.05) is 14.2 Å². The van der Waals surface area contributed by atoms with E-state index in [1.807, 2.05) is 0 Å². The number of aromatic nitrogens is 2. The minimum absolute atomic E-state index is 0.116. The molecule has 4 rings (SSSR count). The highest BCUT2D eigenvalue weighted by Gasteiger charge is 2.36. The molecular weight excluding hydrogens is 340 g/mol.